The van der Waals surface area contributed by atoms with E-state index in [9.17, 15) is 19.2 Å². The summed E-state index contributed by atoms with van der Waals surface area (Å²) in [5.41, 5.74) is 8.08. The molecule has 0 saturated heterocycles. The van der Waals surface area contributed by atoms with Gasteiger partial charge in [-0.25, -0.2) is 0 Å². The second-order valence-corrected chi connectivity index (χ2v) is 13.2. The highest BCUT2D eigenvalue weighted by Crippen LogP contribution is 2.15. The molecule has 6 heteroatoms. The van der Waals surface area contributed by atoms with Crippen LogP contribution in [0.4, 0.5) is 0 Å². The topological polar surface area (TPSA) is 92.3 Å². The average Bonchev–Trinajstić information content (AvgIpc) is 3.21. The molecule has 6 aromatic carbocycles. The van der Waals surface area contributed by atoms with E-state index in [1.165, 1.54) is 5.56 Å². The van der Waals surface area contributed by atoms with Crippen molar-refractivity contribution in [3.05, 3.63) is 214 Å². The van der Waals surface area contributed by atoms with Gasteiger partial charge in [0.15, 0.2) is 0 Å². The highest BCUT2D eigenvalue weighted by atomic mass is 16.2. The summed E-state index contributed by atoms with van der Waals surface area (Å²) in [6, 6.07) is 52.1. The average molecular weight is 715 g/mol. The first-order valence-corrected chi connectivity index (χ1v) is 18.3. The first kappa shape index (κ1) is 38.8. The van der Waals surface area contributed by atoms with E-state index in [1.807, 2.05) is 159 Å². The molecule has 6 nitrogen and oxygen atoms in total. The highest BCUT2D eigenvalue weighted by Gasteiger charge is 2.15. The second kappa shape index (κ2) is 20.6. The van der Waals surface area contributed by atoms with Crippen molar-refractivity contribution in [1.82, 2.24) is 10.6 Å². The van der Waals surface area contributed by atoms with Crippen molar-refractivity contribution >= 4 is 23.4 Å². The van der Waals surface area contributed by atoms with Crippen LogP contribution in [0.1, 0.15) is 66.1 Å². The van der Waals surface area contributed by atoms with Crippen molar-refractivity contribution in [2.45, 2.75) is 52.1 Å². The monoisotopic (exact) mass is 714 g/mol. The summed E-state index contributed by atoms with van der Waals surface area (Å²) >= 11 is 0. The molecule has 6 rings (SSSR count). The Balaban J connectivity index is 0.000000208. The first-order chi connectivity index (χ1) is 26.3. The smallest absolute Gasteiger partial charge is 0.251 e. The van der Waals surface area contributed by atoms with Crippen LogP contribution >= 0.6 is 0 Å². The molecule has 0 saturated carbocycles. The molecule has 272 valence electrons. The molecule has 0 spiro atoms. The Morgan fingerprint density at radius 1 is 0.407 bits per heavy atom. The number of nitrogens with one attached hydrogen (secondary N) is 2. The van der Waals surface area contributed by atoms with Gasteiger partial charge in [0.25, 0.3) is 11.8 Å². The standard InChI is InChI=1S/2C24H23NO2/c1-18-11-13-19(14-12-18)15-22(26)16-21-9-5-6-10-23(21)24(27)25-17-20-7-3-2-4-8-20;26-22(16-15-19-9-3-1-4-10-19)17-21-13-7-8-14-23(21)24(27)25-18-20-11-5-2-6-12-20/h2-14H,15-17H2,1H3,(H,25,27);1-14H,15-18H2,(H,25,27). The predicted molar refractivity (Wildman–Crippen MR) is 215 cm³/mol. The van der Waals surface area contributed by atoms with Crippen LogP contribution in [-0.2, 0) is 48.4 Å². The van der Waals surface area contributed by atoms with E-state index in [0.29, 0.717) is 37.1 Å². The van der Waals surface area contributed by atoms with E-state index in [0.717, 1.165) is 39.8 Å². The molecule has 6 aromatic rings. The number of amides is 2. The van der Waals surface area contributed by atoms with Gasteiger partial charge in [-0.1, -0.05) is 157 Å². The molecule has 0 aliphatic carbocycles. The maximum absolute atomic E-state index is 12.6. The predicted octanol–water partition coefficient (Wildman–Crippen LogP) is 8.64. The highest BCUT2D eigenvalue weighted by molar-refractivity contribution is 5.98. The summed E-state index contributed by atoms with van der Waals surface area (Å²) in [5.74, 6) is -0.0628. The lowest BCUT2D eigenvalue weighted by atomic mass is 9.98. The third-order valence-electron chi connectivity index (χ3n) is 8.95. The van der Waals surface area contributed by atoms with Gasteiger partial charge < -0.3 is 10.6 Å². The van der Waals surface area contributed by atoms with Gasteiger partial charge in [-0.15, -0.1) is 0 Å². The van der Waals surface area contributed by atoms with Crippen molar-refractivity contribution < 1.29 is 19.2 Å². The fourth-order valence-corrected chi connectivity index (χ4v) is 5.98. The summed E-state index contributed by atoms with van der Waals surface area (Å²) in [5, 5.41) is 5.87. The minimum Gasteiger partial charge on any atom is -0.348 e. The zero-order valence-electron chi connectivity index (χ0n) is 30.7. The Labute approximate surface area is 318 Å². The Kier molecular flexibility index (Phi) is 14.8. The molecule has 0 aliphatic heterocycles. The van der Waals surface area contributed by atoms with Gasteiger partial charge in [-0.2, -0.15) is 0 Å². The maximum atomic E-state index is 12.6. The summed E-state index contributed by atoms with van der Waals surface area (Å²) in [4.78, 5) is 50.1. The number of rotatable bonds is 15. The number of hydrogen-bond acceptors (Lipinski definition) is 4. The van der Waals surface area contributed by atoms with Crippen molar-refractivity contribution in [3.63, 3.8) is 0 Å². The number of carbonyl (C=O) groups is 4. The van der Waals surface area contributed by atoms with Crippen molar-refractivity contribution in [2.75, 3.05) is 0 Å². The molecule has 0 heterocycles. The largest absolute Gasteiger partial charge is 0.348 e. The van der Waals surface area contributed by atoms with Crippen LogP contribution in [0.15, 0.2) is 164 Å². The summed E-state index contributed by atoms with van der Waals surface area (Å²) in [6.45, 7) is 2.96. The van der Waals surface area contributed by atoms with Crippen LogP contribution < -0.4 is 10.6 Å². The summed E-state index contributed by atoms with van der Waals surface area (Å²) in [6.07, 6.45) is 2.11. The molecule has 0 radical (unpaired) electrons. The summed E-state index contributed by atoms with van der Waals surface area (Å²) in [7, 11) is 0. The zero-order valence-corrected chi connectivity index (χ0v) is 30.7. The van der Waals surface area contributed by atoms with Gasteiger partial charge in [0, 0.05) is 49.9 Å². The third kappa shape index (κ3) is 12.7. The fourth-order valence-electron chi connectivity index (χ4n) is 5.98. The molecular weight excluding hydrogens is 669 g/mol. The van der Waals surface area contributed by atoms with Crippen molar-refractivity contribution in [3.8, 4) is 0 Å². The van der Waals surface area contributed by atoms with Gasteiger partial charge in [0.2, 0.25) is 0 Å². The lowest BCUT2D eigenvalue weighted by Gasteiger charge is -2.10. The molecule has 0 fully saturated rings. The minimum absolute atomic E-state index is 0.0992. The third-order valence-corrected chi connectivity index (χ3v) is 8.95. The molecule has 0 atom stereocenters. The van der Waals surface area contributed by atoms with E-state index in [4.69, 9.17) is 0 Å². The van der Waals surface area contributed by atoms with E-state index in [1.54, 1.807) is 12.1 Å². The molecule has 2 amide bonds. The van der Waals surface area contributed by atoms with E-state index in [-0.39, 0.29) is 36.2 Å². The lowest BCUT2D eigenvalue weighted by Crippen LogP contribution is -2.24. The van der Waals surface area contributed by atoms with Gasteiger partial charge in [-0.05, 0) is 58.9 Å². The second-order valence-electron chi connectivity index (χ2n) is 13.2. The quantitative estimate of drug-likeness (QED) is 0.111. The number of aryl methyl sites for hydroxylation is 2. The minimum atomic E-state index is -0.155. The van der Waals surface area contributed by atoms with Crippen LogP contribution in [0.2, 0.25) is 0 Å². The van der Waals surface area contributed by atoms with Crippen LogP contribution in [-0.4, -0.2) is 23.4 Å². The van der Waals surface area contributed by atoms with Gasteiger partial charge in [-0.3, -0.25) is 19.2 Å². The number of Topliss-reactive ketones (excluding diaryl/α,β-unsaturated/α-hetero) is 2. The SMILES string of the molecule is Cc1ccc(CC(=O)Cc2ccccc2C(=O)NCc2ccccc2)cc1.O=C(CCc1ccccc1)Cc1ccccc1C(=O)NCc1ccccc1. The first-order valence-electron chi connectivity index (χ1n) is 18.3. The molecule has 54 heavy (non-hydrogen) atoms. The number of hydrogen-bond donors (Lipinski definition) is 2. The fraction of sp³-hybridized carbons (Fsp3) is 0.167. The van der Waals surface area contributed by atoms with Crippen LogP contribution in [0.25, 0.3) is 0 Å². The Bertz CT molecular complexity index is 2110. The lowest BCUT2D eigenvalue weighted by molar-refractivity contribution is -0.119. The molecule has 2 N–H and O–H groups in total. The summed E-state index contributed by atoms with van der Waals surface area (Å²) < 4.78 is 0. The maximum Gasteiger partial charge on any atom is 0.251 e. The Morgan fingerprint density at radius 2 is 0.815 bits per heavy atom. The Hall–Kier alpha value is -6.40. The van der Waals surface area contributed by atoms with Crippen molar-refractivity contribution in [1.29, 1.82) is 0 Å². The van der Waals surface area contributed by atoms with Gasteiger partial charge in [0.1, 0.15) is 11.6 Å². The van der Waals surface area contributed by atoms with Gasteiger partial charge in [0.05, 0.1) is 0 Å². The molecule has 0 aliphatic rings. The van der Waals surface area contributed by atoms with E-state index in [2.05, 4.69) is 10.6 Å². The molecular formula is C48H46N2O4. The van der Waals surface area contributed by atoms with Crippen LogP contribution in [0.5, 0.6) is 0 Å². The van der Waals surface area contributed by atoms with Crippen LogP contribution in [0, 0.1) is 6.92 Å². The van der Waals surface area contributed by atoms with Crippen molar-refractivity contribution in [2.24, 2.45) is 0 Å². The number of carbonyl (C=O) groups excluding carboxylic acids is 4. The normalized spacial score (nSPS) is 10.4. The molecule has 0 aromatic heterocycles. The molecule has 0 unspecified atom stereocenters. The zero-order chi connectivity index (χ0) is 38.0. The number of benzene rings is 6. The van der Waals surface area contributed by atoms with E-state index < -0.39 is 0 Å². The number of ketones is 2. The molecule has 0 bridgehead atoms. The van der Waals surface area contributed by atoms with Gasteiger partial charge >= 0.3 is 0 Å². The van der Waals surface area contributed by atoms with E-state index >= 15 is 0 Å². The van der Waals surface area contributed by atoms with Crippen LogP contribution in [0.3, 0.4) is 0 Å². The Morgan fingerprint density at radius 3 is 1.30 bits per heavy atom.